The summed E-state index contributed by atoms with van der Waals surface area (Å²) >= 11 is 6.65. The zero-order valence-electron chi connectivity index (χ0n) is 19.4. The van der Waals surface area contributed by atoms with Gasteiger partial charge in [0.2, 0.25) is 6.41 Å². The predicted octanol–water partition coefficient (Wildman–Crippen LogP) is 5.17. The average Bonchev–Trinajstić information content (AvgIpc) is 3.24. The van der Waals surface area contributed by atoms with Gasteiger partial charge in [-0.15, -0.1) is 0 Å². The molecule has 0 spiro atoms. The summed E-state index contributed by atoms with van der Waals surface area (Å²) in [6.07, 6.45) is 2.41. The number of nitrogens with one attached hydrogen (secondary N) is 2. The van der Waals surface area contributed by atoms with Crippen molar-refractivity contribution in [1.82, 2.24) is 19.8 Å². The van der Waals surface area contributed by atoms with Gasteiger partial charge in [-0.1, -0.05) is 48.0 Å². The summed E-state index contributed by atoms with van der Waals surface area (Å²) in [5.41, 5.74) is 7.78. The molecule has 3 heterocycles. The molecule has 34 heavy (non-hydrogen) atoms. The summed E-state index contributed by atoms with van der Waals surface area (Å²) in [5.74, 6) is 0. The highest BCUT2D eigenvalue weighted by Crippen LogP contribution is 2.41. The van der Waals surface area contributed by atoms with E-state index in [4.69, 9.17) is 11.6 Å². The number of H-pyrrole nitrogens is 1. The first-order chi connectivity index (χ1) is 16.5. The number of hydrogen-bond donors (Lipinski definition) is 2. The molecule has 0 unspecified atom stereocenters. The van der Waals surface area contributed by atoms with Crippen molar-refractivity contribution in [2.75, 3.05) is 38.5 Å². The Balaban J connectivity index is 1.55. The summed E-state index contributed by atoms with van der Waals surface area (Å²) < 4.78 is 0. The number of halogens is 1. The first-order valence-corrected chi connectivity index (χ1v) is 11.9. The van der Waals surface area contributed by atoms with Crippen molar-refractivity contribution in [2.45, 2.75) is 13.5 Å². The van der Waals surface area contributed by atoms with E-state index in [0.29, 0.717) is 11.4 Å². The third-order valence-electron chi connectivity index (χ3n) is 6.63. The fraction of sp³-hybridized carbons (Fsp3) is 0.259. The Labute approximate surface area is 204 Å². The lowest BCUT2D eigenvalue weighted by Gasteiger charge is -2.32. The van der Waals surface area contributed by atoms with E-state index in [1.165, 1.54) is 5.56 Å². The van der Waals surface area contributed by atoms with Crippen LogP contribution >= 0.6 is 11.6 Å². The highest BCUT2D eigenvalue weighted by Gasteiger charge is 2.19. The molecule has 2 aromatic carbocycles. The van der Waals surface area contributed by atoms with Crippen molar-refractivity contribution in [1.29, 1.82) is 0 Å². The number of rotatable bonds is 6. The zero-order valence-corrected chi connectivity index (χ0v) is 20.2. The van der Waals surface area contributed by atoms with Gasteiger partial charge >= 0.3 is 0 Å². The number of fused-ring (bicyclic) bond motifs is 1. The van der Waals surface area contributed by atoms with Gasteiger partial charge in [0.05, 0.1) is 10.7 Å². The Morgan fingerprint density at radius 3 is 2.53 bits per heavy atom. The Morgan fingerprint density at radius 1 is 1.06 bits per heavy atom. The second kappa shape index (κ2) is 9.58. The summed E-state index contributed by atoms with van der Waals surface area (Å²) in [6.45, 7) is 7.35. The van der Waals surface area contributed by atoms with Gasteiger partial charge in [0.1, 0.15) is 5.65 Å². The van der Waals surface area contributed by atoms with Gasteiger partial charge < -0.3 is 15.2 Å². The number of carbonyl (C=O) groups excluding carboxylic acids is 1. The monoisotopic (exact) mass is 473 g/mol. The van der Waals surface area contributed by atoms with Gasteiger partial charge in [0.25, 0.3) is 0 Å². The summed E-state index contributed by atoms with van der Waals surface area (Å²) in [5, 5.41) is 4.32. The molecular formula is C27H28ClN5O. The van der Waals surface area contributed by atoms with Crippen molar-refractivity contribution in [3.63, 3.8) is 0 Å². The standard InChI is InChI=1S/C27H28ClN5O/c1-18-3-6-21(15-23(18)30-17-34)24-25-22(28)9-10-29-27(25)31-26(24)20-7-4-19(5-8-20)16-33-13-11-32(2)12-14-33/h3-10,15,17H,11-14,16H2,1-2H3,(H,29,31)(H,30,34). The highest BCUT2D eigenvalue weighted by atomic mass is 35.5. The van der Waals surface area contributed by atoms with Crippen molar-refractivity contribution < 1.29 is 4.79 Å². The Bertz CT molecular complexity index is 1320. The Morgan fingerprint density at radius 2 is 1.79 bits per heavy atom. The number of hydrogen-bond acceptors (Lipinski definition) is 4. The first kappa shape index (κ1) is 22.6. The number of piperazine rings is 1. The zero-order chi connectivity index (χ0) is 23.7. The molecule has 1 aliphatic rings. The van der Waals surface area contributed by atoms with E-state index < -0.39 is 0 Å². The normalized spacial score (nSPS) is 15.0. The minimum atomic E-state index is 0.639. The van der Waals surface area contributed by atoms with Crippen molar-refractivity contribution in [2.24, 2.45) is 0 Å². The molecule has 4 aromatic rings. The molecule has 0 saturated carbocycles. The van der Waals surface area contributed by atoms with Gasteiger partial charge in [-0.25, -0.2) is 4.98 Å². The van der Waals surface area contributed by atoms with Crippen LogP contribution in [0.1, 0.15) is 11.1 Å². The molecule has 6 nitrogen and oxygen atoms in total. The number of aromatic amines is 1. The second-order valence-electron chi connectivity index (χ2n) is 8.96. The van der Waals surface area contributed by atoms with Crippen LogP contribution in [-0.4, -0.2) is 59.4 Å². The van der Waals surface area contributed by atoms with Crippen LogP contribution in [0.3, 0.4) is 0 Å². The molecule has 7 heteroatoms. The lowest BCUT2D eigenvalue weighted by atomic mass is 9.96. The molecule has 0 atom stereocenters. The molecule has 5 rings (SSSR count). The van der Waals surface area contributed by atoms with E-state index in [0.717, 1.165) is 77.4 Å². The third kappa shape index (κ3) is 4.44. The lowest BCUT2D eigenvalue weighted by molar-refractivity contribution is -0.105. The number of carbonyl (C=O) groups is 1. The SMILES string of the molecule is Cc1ccc(-c2c(-c3ccc(CN4CCN(C)CC4)cc3)[nH]c3nccc(Cl)c23)cc1NC=O. The van der Waals surface area contributed by atoms with E-state index in [9.17, 15) is 4.79 Å². The number of likely N-dealkylation sites (N-methyl/N-ethyl adjacent to an activating group) is 1. The number of nitrogens with zero attached hydrogens (tertiary/aromatic N) is 3. The molecule has 2 aromatic heterocycles. The molecule has 2 N–H and O–H groups in total. The van der Waals surface area contributed by atoms with Gasteiger partial charge in [-0.2, -0.15) is 0 Å². The third-order valence-corrected chi connectivity index (χ3v) is 6.94. The average molecular weight is 474 g/mol. The smallest absolute Gasteiger partial charge is 0.211 e. The number of anilines is 1. The number of pyridine rings is 1. The number of aromatic nitrogens is 2. The number of aryl methyl sites for hydroxylation is 1. The molecule has 0 radical (unpaired) electrons. The predicted molar refractivity (Wildman–Crippen MR) is 139 cm³/mol. The molecule has 1 fully saturated rings. The molecule has 1 saturated heterocycles. The van der Waals surface area contributed by atoms with Crippen LogP contribution in [0.25, 0.3) is 33.4 Å². The van der Waals surface area contributed by atoms with Gasteiger partial charge in [-0.05, 0) is 48.4 Å². The molecule has 1 aliphatic heterocycles. The maximum Gasteiger partial charge on any atom is 0.211 e. The van der Waals surface area contributed by atoms with Crippen LogP contribution in [-0.2, 0) is 11.3 Å². The fourth-order valence-electron chi connectivity index (χ4n) is 4.62. The van der Waals surface area contributed by atoms with Crippen molar-refractivity contribution >= 4 is 34.7 Å². The van der Waals surface area contributed by atoms with Gasteiger partial charge in [-0.3, -0.25) is 9.69 Å². The number of benzene rings is 2. The minimum absolute atomic E-state index is 0.639. The van der Waals surface area contributed by atoms with Crippen molar-refractivity contribution in [3.05, 3.63) is 70.9 Å². The summed E-state index contributed by atoms with van der Waals surface area (Å²) in [6, 6.07) is 16.6. The Kier molecular flexibility index (Phi) is 6.37. The molecule has 1 amide bonds. The van der Waals surface area contributed by atoms with Crippen LogP contribution in [0.15, 0.2) is 54.7 Å². The van der Waals surface area contributed by atoms with Gasteiger partial charge in [0.15, 0.2) is 0 Å². The maximum atomic E-state index is 11.1. The maximum absolute atomic E-state index is 11.1. The van der Waals surface area contributed by atoms with Crippen molar-refractivity contribution in [3.8, 4) is 22.4 Å². The van der Waals surface area contributed by atoms with E-state index in [1.54, 1.807) is 6.20 Å². The van der Waals surface area contributed by atoms with Crippen LogP contribution in [0.2, 0.25) is 5.02 Å². The van der Waals surface area contributed by atoms with Gasteiger partial charge in [0, 0.05) is 55.6 Å². The van der Waals surface area contributed by atoms with Crippen LogP contribution in [0, 0.1) is 6.92 Å². The molecule has 0 bridgehead atoms. The van der Waals surface area contributed by atoms with E-state index >= 15 is 0 Å². The quantitative estimate of drug-likeness (QED) is 0.379. The largest absolute Gasteiger partial charge is 0.339 e. The summed E-state index contributed by atoms with van der Waals surface area (Å²) in [4.78, 5) is 24.0. The molecule has 0 aliphatic carbocycles. The van der Waals surface area contributed by atoms with Crippen LogP contribution in [0.4, 0.5) is 5.69 Å². The molecule has 174 valence electrons. The lowest BCUT2D eigenvalue weighted by Crippen LogP contribution is -2.43. The van der Waals surface area contributed by atoms with E-state index in [1.807, 2.05) is 25.1 Å². The fourth-order valence-corrected chi connectivity index (χ4v) is 4.86. The topological polar surface area (TPSA) is 64.3 Å². The first-order valence-electron chi connectivity index (χ1n) is 11.5. The Hall–Kier alpha value is -3.19. The molecular weight excluding hydrogens is 446 g/mol. The number of amides is 1. The van der Waals surface area contributed by atoms with E-state index in [-0.39, 0.29) is 0 Å². The summed E-state index contributed by atoms with van der Waals surface area (Å²) in [7, 11) is 2.18. The van der Waals surface area contributed by atoms with E-state index in [2.05, 4.69) is 62.5 Å². The second-order valence-corrected chi connectivity index (χ2v) is 9.37. The highest BCUT2D eigenvalue weighted by molar-refractivity contribution is 6.36. The van der Waals surface area contributed by atoms with Crippen LogP contribution in [0.5, 0.6) is 0 Å². The minimum Gasteiger partial charge on any atom is -0.339 e. The van der Waals surface area contributed by atoms with Crippen LogP contribution < -0.4 is 5.32 Å².